The average molecular weight is 254 g/mol. The number of urea groups is 1. The molecule has 2 atom stereocenters. The average Bonchev–Trinajstić information content (AvgIpc) is 3.14. The van der Waals surface area contributed by atoms with E-state index in [1.807, 2.05) is 23.6 Å². The number of hydrogen-bond donors (Lipinski definition) is 1. The number of carbonyl (C=O) groups excluding carboxylic acids is 1. The third-order valence-corrected chi connectivity index (χ3v) is 4.05. The third-order valence-electron chi connectivity index (χ3n) is 4.05. The summed E-state index contributed by atoms with van der Waals surface area (Å²) in [5, 5.41) is 9.02. The van der Waals surface area contributed by atoms with Crippen LogP contribution in [-0.2, 0) is 4.79 Å². The number of aliphatic carboxylic acids is 1. The van der Waals surface area contributed by atoms with Gasteiger partial charge in [-0.25, -0.2) is 4.79 Å². The summed E-state index contributed by atoms with van der Waals surface area (Å²) >= 11 is 0. The number of hydrogen-bond acceptors (Lipinski definition) is 2. The van der Waals surface area contributed by atoms with Crippen LogP contribution in [-0.4, -0.2) is 52.1 Å². The quantitative estimate of drug-likeness (QED) is 0.835. The summed E-state index contributed by atoms with van der Waals surface area (Å²) in [5.74, 6) is -1.02. The molecular formula is C13H22N2O3. The first-order valence-electron chi connectivity index (χ1n) is 6.84. The number of carboxylic acid groups (broad SMARTS) is 1. The van der Waals surface area contributed by atoms with E-state index in [1.54, 1.807) is 0 Å². The van der Waals surface area contributed by atoms with E-state index in [1.165, 1.54) is 0 Å². The molecule has 5 heteroatoms. The van der Waals surface area contributed by atoms with Crippen LogP contribution in [0.4, 0.5) is 4.79 Å². The van der Waals surface area contributed by atoms with Crippen LogP contribution in [0.3, 0.4) is 0 Å². The number of rotatable bonds is 3. The van der Waals surface area contributed by atoms with Gasteiger partial charge in [0.25, 0.3) is 0 Å². The summed E-state index contributed by atoms with van der Waals surface area (Å²) in [5.41, 5.74) is 0. The number of likely N-dealkylation sites (tertiary alicyclic amines) is 1. The van der Waals surface area contributed by atoms with Gasteiger partial charge in [0.1, 0.15) is 0 Å². The van der Waals surface area contributed by atoms with Crippen LogP contribution in [0.15, 0.2) is 0 Å². The second kappa shape index (κ2) is 5.16. The monoisotopic (exact) mass is 254 g/mol. The summed E-state index contributed by atoms with van der Waals surface area (Å²) in [6.45, 7) is 5.27. The van der Waals surface area contributed by atoms with E-state index in [9.17, 15) is 9.59 Å². The smallest absolute Gasteiger partial charge is 0.320 e. The lowest BCUT2D eigenvalue weighted by Gasteiger charge is -2.39. The SMILES string of the molecule is CCN(C(=O)N1CCC(C(=O)O)CC1C)C1CC1. The highest BCUT2D eigenvalue weighted by molar-refractivity contribution is 5.76. The number of amides is 2. The van der Waals surface area contributed by atoms with Gasteiger partial charge in [0.05, 0.1) is 5.92 Å². The Morgan fingerprint density at radius 3 is 2.44 bits per heavy atom. The van der Waals surface area contributed by atoms with Crippen molar-refractivity contribution in [2.75, 3.05) is 13.1 Å². The fourth-order valence-electron chi connectivity index (χ4n) is 2.78. The highest BCUT2D eigenvalue weighted by Gasteiger charge is 2.38. The lowest BCUT2D eigenvalue weighted by molar-refractivity contribution is -0.143. The second-order valence-electron chi connectivity index (χ2n) is 5.40. The van der Waals surface area contributed by atoms with E-state index in [0.717, 1.165) is 19.4 Å². The van der Waals surface area contributed by atoms with Gasteiger partial charge in [-0.05, 0) is 39.5 Å². The lowest BCUT2D eigenvalue weighted by atomic mass is 9.92. The molecule has 5 nitrogen and oxygen atoms in total. The van der Waals surface area contributed by atoms with Gasteiger partial charge in [-0.2, -0.15) is 0 Å². The Labute approximate surface area is 108 Å². The van der Waals surface area contributed by atoms with E-state index in [-0.39, 0.29) is 18.0 Å². The van der Waals surface area contributed by atoms with E-state index in [0.29, 0.717) is 25.4 Å². The minimum absolute atomic E-state index is 0.0279. The Balaban J connectivity index is 1.97. The molecule has 102 valence electrons. The first-order chi connectivity index (χ1) is 8.54. The van der Waals surface area contributed by atoms with Gasteiger partial charge in [-0.1, -0.05) is 0 Å². The Bertz CT molecular complexity index is 341. The minimum atomic E-state index is -0.733. The molecule has 0 spiro atoms. The maximum Gasteiger partial charge on any atom is 0.320 e. The zero-order valence-corrected chi connectivity index (χ0v) is 11.1. The zero-order valence-electron chi connectivity index (χ0n) is 11.1. The van der Waals surface area contributed by atoms with Crippen molar-refractivity contribution >= 4 is 12.0 Å². The Morgan fingerprint density at radius 2 is 2.00 bits per heavy atom. The van der Waals surface area contributed by atoms with Crippen molar-refractivity contribution in [3.05, 3.63) is 0 Å². The number of piperidine rings is 1. The fourth-order valence-corrected chi connectivity index (χ4v) is 2.78. The molecule has 1 heterocycles. The van der Waals surface area contributed by atoms with Crippen molar-refractivity contribution < 1.29 is 14.7 Å². The van der Waals surface area contributed by atoms with Gasteiger partial charge in [0, 0.05) is 25.2 Å². The summed E-state index contributed by atoms with van der Waals surface area (Å²) in [6.07, 6.45) is 3.37. The molecule has 0 aromatic carbocycles. The number of carbonyl (C=O) groups is 2. The van der Waals surface area contributed by atoms with Crippen LogP contribution >= 0.6 is 0 Å². The minimum Gasteiger partial charge on any atom is -0.481 e. The van der Waals surface area contributed by atoms with Crippen LogP contribution in [0, 0.1) is 5.92 Å². The number of carboxylic acids is 1. The first kappa shape index (κ1) is 13.2. The molecule has 1 saturated heterocycles. The van der Waals surface area contributed by atoms with Gasteiger partial charge in [-0.15, -0.1) is 0 Å². The van der Waals surface area contributed by atoms with Crippen LogP contribution in [0.2, 0.25) is 0 Å². The van der Waals surface area contributed by atoms with Crippen molar-refractivity contribution in [3.63, 3.8) is 0 Å². The Hall–Kier alpha value is -1.26. The summed E-state index contributed by atoms with van der Waals surface area (Å²) in [6, 6.07) is 0.545. The lowest BCUT2D eigenvalue weighted by Crippen LogP contribution is -2.52. The summed E-state index contributed by atoms with van der Waals surface area (Å²) in [7, 11) is 0. The van der Waals surface area contributed by atoms with Crippen LogP contribution < -0.4 is 0 Å². The molecule has 2 unspecified atom stereocenters. The molecule has 1 aliphatic heterocycles. The molecule has 1 aliphatic carbocycles. The first-order valence-corrected chi connectivity index (χ1v) is 6.84. The molecule has 0 aromatic rings. The summed E-state index contributed by atoms with van der Waals surface area (Å²) in [4.78, 5) is 27.1. The Morgan fingerprint density at radius 1 is 1.33 bits per heavy atom. The molecule has 18 heavy (non-hydrogen) atoms. The van der Waals surface area contributed by atoms with Crippen LogP contribution in [0.1, 0.15) is 39.5 Å². The predicted molar refractivity (Wildman–Crippen MR) is 67.3 cm³/mol. The van der Waals surface area contributed by atoms with Gasteiger partial charge < -0.3 is 14.9 Å². The Kier molecular flexibility index (Phi) is 3.78. The number of nitrogens with zero attached hydrogens (tertiary/aromatic N) is 2. The molecule has 0 aromatic heterocycles. The van der Waals surface area contributed by atoms with Gasteiger partial charge in [0.2, 0.25) is 0 Å². The van der Waals surface area contributed by atoms with E-state index in [2.05, 4.69) is 0 Å². The molecule has 2 aliphatic rings. The normalized spacial score (nSPS) is 28.0. The summed E-state index contributed by atoms with van der Waals surface area (Å²) < 4.78 is 0. The molecule has 2 rings (SSSR count). The van der Waals surface area contributed by atoms with Gasteiger partial charge in [-0.3, -0.25) is 4.79 Å². The second-order valence-corrected chi connectivity index (χ2v) is 5.40. The maximum absolute atomic E-state index is 12.4. The molecular weight excluding hydrogens is 232 g/mol. The van der Waals surface area contributed by atoms with Crippen LogP contribution in [0.5, 0.6) is 0 Å². The molecule has 2 amide bonds. The molecule has 0 bridgehead atoms. The highest BCUT2D eigenvalue weighted by Crippen LogP contribution is 2.30. The molecule has 1 saturated carbocycles. The van der Waals surface area contributed by atoms with E-state index in [4.69, 9.17) is 5.11 Å². The third kappa shape index (κ3) is 2.60. The maximum atomic E-state index is 12.4. The largest absolute Gasteiger partial charge is 0.481 e. The fraction of sp³-hybridized carbons (Fsp3) is 0.846. The highest BCUT2D eigenvalue weighted by atomic mass is 16.4. The van der Waals surface area contributed by atoms with E-state index >= 15 is 0 Å². The topological polar surface area (TPSA) is 60.9 Å². The van der Waals surface area contributed by atoms with Crippen LogP contribution in [0.25, 0.3) is 0 Å². The standard InChI is InChI=1S/C13H22N2O3/c1-3-14(11-4-5-11)13(18)15-7-6-10(12(16)17)8-9(15)2/h9-11H,3-8H2,1-2H3,(H,16,17). The zero-order chi connectivity index (χ0) is 13.3. The van der Waals surface area contributed by atoms with Crippen molar-refractivity contribution in [1.82, 2.24) is 9.80 Å². The molecule has 2 fully saturated rings. The van der Waals surface area contributed by atoms with Gasteiger partial charge in [0.15, 0.2) is 0 Å². The molecule has 1 N–H and O–H groups in total. The van der Waals surface area contributed by atoms with Gasteiger partial charge >= 0.3 is 12.0 Å². The van der Waals surface area contributed by atoms with Crippen molar-refractivity contribution in [2.24, 2.45) is 5.92 Å². The van der Waals surface area contributed by atoms with Crippen molar-refractivity contribution in [3.8, 4) is 0 Å². The predicted octanol–water partition coefficient (Wildman–Crippen LogP) is 1.78. The van der Waals surface area contributed by atoms with Crippen molar-refractivity contribution in [2.45, 2.75) is 51.6 Å². The van der Waals surface area contributed by atoms with E-state index < -0.39 is 5.97 Å². The molecule has 0 radical (unpaired) electrons. The van der Waals surface area contributed by atoms with Crippen molar-refractivity contribution in [1.29, 1.82) is 0 Å².